The van der Waals surface area contributed by atoms with Crippen LogP contribution in [0.1, 0.15) is 21.0 Å². The van der Waals surface area contributed by atoms with Crippen LogP contribution in [-0.2, 0) is 6.54 Å². The highest BCUT2D eigenvalue weighted by Gasteiger charge is 2.16. The van der Waals surface area contributed by atoms with E-state index in [2.05, 4.69) is 33.2 Å². The van der Waals surface area contributed by atoms with Crippen LogP contribution >= 0.6 is 11.3 Å². The lowest BCUT2D eigenvalue weighted by Gasteiger charge is -2.19. The normalized spacial score (nSPS) is 11.0. The van der Waals surface area contributed by atoms with E-state index in [-0.39, 0.29) is 5.91 Å². The van der Waals surface area contributed by atoms with Gasteiger partial charge in [-0.05, 0) is 54.3 Å². The monoisotopic (exact) mass is 406 g/mol. The predicted molar refractivity (Wildman–Crippen MR) is 116 cm³/mol. The molecule has 0 N–H and O–H groups in total. The number of benzene rings is 1. The number of thiophene rings is 1. The molecule has 0 radical (unpaired) electrons. The number of aryl methyl sites for hydroxylation is 1. The minimum Gasteiger partial charge on any atom is -0.451 e. The fourth-order valence-corrected chi connectivity index (χ4v) is 4.14. The molecule has 3 aromatic heterocycles. The first-order chi connectivity index (χ1) is 13.9. The molecule has 0 unspecified atom stereocenters. The van der Waals surface area contributed by atoms with E-state index in [9.17, 15) is 4.79 Å². The molecule has 1 aromatic carbocycles. The smallest absolute Gasteiger partial charge is 0.289 e. The number of fused-ring (bicyclic) bond motifs is 1. The molecule has 0 atom stereocenters. The fraction of sp³-hybridized carbons (Fsp3) is 0.227. The van der Waals surface area contributed by atoms with Crippen LogP contribution in [0.25, 0.3) is 22.2 Å². The summed E-state index contributed by atoms with van der Waals surface area (Å²) in [5, 5.41) is 3.05. The molecule has 0 spiro atoms. The summed E-state index contributed by atoms with van der Waals surface area (Å²) in [7, 11) is 5.44. The molecule has 4 aromatic rings. The Morgan fingerprint density at radius 2 is 1.93 bits per heavy atom. The van der Waals surface area contributed by atoms with Crippen LogP contribution in [0.5, 0.6) is 0 Å². The molecule has 0 saturated heterocycles. The molecule has 148 valence electrons. The Bertz CT molecular complexity index is 1180. The Kier molecular flexibility index (Phi) is 5.07. The van der Waals surface area contributed by atoms with Crippen LogP contribution < -0.4 is 4.90 Å². The average Bonchev–Trinajstić information content (AvgIpc) is 3.36. The van der Waals surface area contributed by atoms with Gasteiger partial charge in [-0.3, -0.25) is 4.79 Å². The number of hydrogen-bond donors (Lipinski definition) is 0. The molecule has 7 heteroatoms. The Morgan fingerprint density at radius 1 is 1.10 bits per heavy atom. The standard InChI is InChI=1S/C22H22N4O2S/c1-14-9-10-29-20(14)12-26(4)21-16-11-15(5-6-17(16)23-13-24-21)18-7-8-19(28-18)22(27)25(2)3/h5-11,13H,12H2,1-4H3. The van der Waals surface area contributed by atoms with Crippen molar-refractivity contribution in [3.8, 4) is 11.3 Å². The first-order valence-electron chi connectivity index (χ1n) is 9.25. The average molecular weight is 407 g/mol. The first-order valence-corrected chi connectivity index (χ1v) is 10.1. The van der Waals surface area contributed by atoms with Gasteiger partial charge in [-0.25, -0.2) is 9.97 Å². The van der Waals surface area contributed by atoms with Crippen LogP contribution in [-0.4, -0.2) is 41.9 Å². The van der Waals surface area contributed by atoms with Gasteiger partial charge in [0.15, 0.2) is 5.76 Å². The highest BCUT2D eigenvalue weighted by atomic mass is 32.1. The molecule has 0 fully saturated rings. The lowest BCUT2D eigenvalue weighted by Crippen LogP contribution is -2.20. The zero-order valence-corrected chi connectivity index (χ0v) is 17.7. The van der Waals surface area contributed by atoms with Gasteiger partial charge in [0.1, 0.15) is 17.9 Å². The van der Waals surface area contributed by atoms with Gasteiger partial charge in [0.25, 0.3) is 5.91 Å². The van der Waals surface area contributed by atoms with Gasteiger partial charge in [0.2, 0.25) is 0 Å². The molecule has 4 rings (SSSR count). The third-order valence-electron chi connectivity index (χ3n) is 4.83. The summed E-state index contributed by atoms with van der Waals surface area (Å²) >= 11 is 1.75. The number of carbonyl (C=O) groups is 1. The van der Waals surface area contributed by atoms with E-state index in [1.807, 2.05) is 31.3 Å². The van der Waals surface area contributed by atoms with Crippen LogP contribution in [0.3, 0.4) is 0 Å². The van der Waals surface area contributed by atoms with Gasteiger partial charge >= 0.3 is 0 Å². The van der Waals surface area contributed by atoms with E-state index < -0.39 is 0 Å². The van der Waals surface area contributed by atoms with Crippen molar-refractivity contribution in [3.63, 3.8) is 0 Å². The number of aromatic nitrogens is 2. The van der Waals surface area contributed by atoms with Crippen molar-refractivity contribution in [1.82, 2.24) is 14.9 Å². The fourth-order valence-electron chi connectivity index (χ4n) is 3.19. The SMILES string of the molecule is Cc1ccsc1CN(C)c1ncnc2ccc(-c3ccc(C(=O)N(C)C)o3)cc12. The number of anilines is 1. The number of amides is 1. The van der Waals surface area contributed by atoms with Crippen molar-refractivity contribution in [2.45, 2.75) is 13.5 Å². The molecule has 0 aliphatic rings. The van der Waals surface area contributed by atoms with Crippen LogP contribution in [0.4, 0.5) is 5.82 Å². The Hall–Kier alpha value is -3.19. The van der Waals surface area contributed by atoms with Gasteiger partial charge in [-0.15, -0.1) is 11.3 Å². The van der Waals surface area contributed by atoms with Crippen molar-refractivity contribution in [1.29, 1.82) is 0 Å². The van der Waals surface area contributed by atoms with Crippen LogP contribution in [0.15, 0.2) is 52.5 Å². The summed E-state index contributed by atoms with van der Waals surface area (Å²) < 4.78 is 5.80. The minimum atomic E-state index is -0.160. The molecule has 0 bridgehead atoms. The zero-order chi connectivity index (χ0) is 20.5. The van der Waals surface area contributed by atoms with Crippen molar-refractivity contribution < 1.29 is 9.21 Å². The molecule has 1 amide bonds. The topological polar surface area (TPSA) is 62.5 Å². The summed E-state index contributed by atoms with van der Waals surface area (Å²) in [4.78, 5) is 26.0. The molecular formula is C22H22N4O2S. The van der Waals surface area contributed by atoms with E-state index in [0.717, 1.165) is 28.8 Å². The first kappa shape index (κ1) is 19.1. The maximum atomic E-state index is 12.1. The summed E-state index contributed by atoms with van der Waals surface area (Å²) in [6, 6.07) is 11.6. The third-order valence-corrected chi connectivity index (χ3v) is 5.84. The largest absolute Gasteiger partial charge is 0.451 e. The van der Waals surface area contributed by atoms with E-state index in [4.69, 9.17) is 4.42 Å². The van der Waals surface area contributed by atoms with Gasteiger partial charge in [0.05, 0.1) is 12.1 Å². The van der Waals surface area contributed by atoms with E-state index >= 15 is 0 Å². The quantitative estimate of drug-likeness (QED) is 0.485. The molecule has 29 heavy (non-hydrogen) atoms. The summed E-state index contributed by atoms with van der Waals surface area (Å²) in [6.07, 6.45) is 1.59. The Morgan fingerprint density at radius 3 is 2.66 bits per heavy atom. The molecule has 0 aliphatic heterocycles. The van der Waals surface area contributed by atoms with E-state index in [0.29, 0.717) is 11.5 Å². The van der Waals surface area contributed by atoms with Gasteiger partial charge in [0, 0.05) is 37.0 Å². The molecule has 0 saturated carbocycles. The predicted octanol–water partition coefficient (Wildman–Crippen LogP) is 4.60. The highest BCUT2D eigenvalue weighted by Crippen LogP contribution is 2.30. The minimum absolute atomic E-state index is 0.160. The summed E-state index contributed by atoms with van der Waals surface area (Å²) in [6.45, 7) is 2.90. The number of furan rings is 1. The van der Waals surface area contributed by atoms with E-state index in [1.165, 1.54) is 15.3 Å². The number of nitrogens with zero attached hydrogens (tertiary/aromatic N) is 4. The second-order valence-corrected chi connectivity index (χ2v) is 8.18. The molecule has 0 aliphatic carbocycles. The second kappa shape index (κ2) is 7.67. The van der Waals surface area contributed by atoms with Gasteiger partial charge in [-0.1, -0.05) is 0 Å². The number of hydrogen-bond acceptors (Lipinski definition) is 6. The molecule has 3 heterocycles. The Balaban J connectivity index is 1.71. The maximum absolute atomic E-state index is 12.1. The van der Waals surface area contributed by atoms with Gasteiger partial charge < -0.3 is 14.2 Å². The van der Waals surface area contributed by atoms with Crippen molar-refractivity contribution in [3.05, 3.63) is 64.3 Å². The number of carbonyl (C=O) groups excluding carboxylic acids is 1. The lowest BCUT2D eigenvalue weighted by molar-refractivity contribution is 0.0797. The van der Waals surface area contributed by atoms with E-state index in [1.54, 1.807) is 37.8 Å². The highest BCUT2D eigenvalue weighted by molar-refractivity contribution is 7.10. The molecule has 6 nitrogen and oxygen atoms in total. The second-order valence-electron chi connectivity index (χ2n) is 7.18. The molecular weight excluding hydrogens is 384 g/mol. The Labute approximate surface area is 173 Å². The third kappa shape index (κ3) is 3.73. The maximum Gasteiger partial charge on any atom is 0.289 e. The van der Waals surface area contributed by atoms with Crippen molar-refractivity contribution in [2.24, 2.45) is 0 Å². The lowest BCUT2D eigenvalue weighted by atomic mass is 10.1. The summed E-state index contributed by atoms with van der Waals surface area (Å²) in [5.41, 5.74) is 3.03. The summed E-state index contributed by atoms with van der Waals surface area (Å²) in [5.74, 6) is 1.66. The van der Waals surface area contributed by atoms with Crippen molar-refractivity contribution >= 4 is 34.0 Å². The zero-order valence-electron chi connectivity index (χ0n) is 16.8. The van der Waals surface area contributed by atoms with Crippen LogP contribution in [0.2, 0.25) is 0 Å². The van der Waals surface area contributed by atoms with Crippen LogP contribution in [0, 0.1) is 6.92 Å². The number of rotatable bonds is 5. The van der Waals surface area contributed by atoms with Gasteiger partial charge in [-0.2, -0.15) is 0 Å². The van der Waals surface area contributed by atoms with Crippen molar-refractivity contribution in [2.75, 3.05) is 26.0 Å².